The van der Waals surface area contributed by atoms with Crippen LogP contribution in [0.15, 0.2) is 83.3 Å². The van der Waals surface area contributed by atoms with Gasteiger partial charge in [-0.1, -0.05) is 70.0 Å². The van der Waals surface area contributed by atoms with Crippen molar-refractivity contribution in [1.82, 2.24) is 4.90 Å². The van der Waals surface area contributed by atoms with Gasteiger partial charge in [0.25, 0.3) is 0 Å². The van der Waals surface area contributed by atoms with Gasteiger partial charge in [0.2, 0.25) is 0 Å². The molecule has 0 spiro atoms. The molecule has 0 aliphatic carbocycles. The summed E-state index contributed by atoms with van der Waals surface area (Å²) in [5.74, 6) is -0.825. The number of carbonyl (C=O) groups is 2. The number of ether oxygens (including phenoxy) is 1. The Bertz CT molecular complexity index is 1010. The van der Waals surface area contributed by atoms with E-state index in [1.54, 1.807) is 24.3 Å². The summed E-state index contributed by atoms with van der Waals surface area (Å²) in [5, 5.41) is 10.4. The normalized spacial score (nSPS) is 11.5. The summed E-state index contributed by atoms with van der Waals surface area (Å²) in [6.07, 6.45) is -0.597. The lowest BCUT2D eigenvalue weighted by atomic mass is 10.0. The third-order valence-electron chi connectivity index (χ3n) is 4.43. The van der Waals surface area contributed by atoms with E-state index in [2.05, 4.69) is 15.9 Å². The van der Waals surface area contributed by atoms with Gasteiger partial charge in [0.15, 0.2) is 0 Å². The van der Waals surface area contributed by atoms with Crippen LogP contribution in [0.5, 0.6) is 5.75 Å². The number of hydrogen-bond acceptors (Lipinski definition) is 3. The highest BCUT2D eigenvalue weighted by atomic mass is 79.9. The van der Waals surface area contributed by atoms with Crippen molar-refractivity contribution in [1.29, 1.82) is 0 Å². The van der Waals surface area contributed by atoms with E-state index in [1.807, 2.05) is 54.6 Å². The number of carboxylic acid groups (broad SMARTS) is 1. The zero-order valence-corrected chi connectivity index (χ0v) is 18.2. The summed E-state index contributed by atoms with van der Waals surface area (Å²) in [4.78, 5) is 26.4. The number of nitrogens with zero attached hydrogens (tertiary/aromatic N) is 1. The summed E-state index contributed by atoms with van der Waals surface area (Å²) in [5.41, 5.74) is 1.58. The van der Waals surface area contributed by atoms with Gasteiger partial charge in [-0.15, -0.1) is 0 Å². The fraction of sp³-hybridized carbons (Fsp3) is 0.130. The second kappa shape index (κ2) is 10.3. The van der Waals surface area contributed by atoms with Crippen molar-refractivity contribution < 1.29 is 19.4 Å². The molecule has 0 unspecified atom stereocenters. The van der Waals surface area contributed by atoms with Gasteiger partial charge in [0.1, 0.15) is 11.8 Å². The van der Waals surface area contributed by atoms with Gasteiger partial charge >= 0.3 is 12.1 Å². The molecule has 154 valence electrons. The third kappa shape index (κ3) is 6.08. The van der Waals surface area contributed by atoms with E-state index in [9.17, 15) is 14.7 Å². The lowest BCUT2D eigenvalue weighted by Gasteiger charge is -2.28. The quantitative estimate of drug-likeness (QED) is 0.456. The molecule has 0 radical (unpaired) electrons. The van der Waals surface area contributed by atoms with Crippen LogP contribution < -0.4 is 4.74 Å². The summed E-state index contributed by atoms with van der Waals surface area (Å²) >= 11 is 9.29. The van der Waals surface area contributed by atoms with Crippen LogP contribution in [-0.2, 0) is 17.8 Å². The first kappa shape index (κ1) is 21.9. The Morgan fingerprint density at radius 3 is 2.27 bits per heavy atom. The minimum absolute atomic E-state index is 0.0790. The van der Waals surface area contributed by atoms with Crippen LogP contribution in [0.1, 0.15) is 11.1 Å². The third-order valence-corrected chi connectivity index (χ3v) is 5.17. The summed E-state index contributed by atoms with van der Waals surface area (Å²) in [7, 11) is 0. The Kier molecular flexibility index (Phi) is 7.49. The van der Waals surface area contributed by atoms with Crippen molar-refractivity contribution in [3.63, 3.8) is 0 Å². The first-order valence-corrected chi connectivity index (χ1v) is 10.3. The molecule has 7 heteroatoms. The molecule has 3 aromatic carbocycles. The molecule has 0 aliphatic rings. The average molecular weight is 489 g/mol. The number of aliphatic carboxylic acids is 1. The predicted molar refractivity (Wildman–Crippen MR) is 119 cm³/mol. The van der Waals surface area contributed by atoms with Gasteiger partial charge in [-0.25, -0.2) is 9.59 Å². The minimum atomic E-state index is -1.11. The Hall–Kier alpha value is -2.83. The topological polar surface area (TPSA) is 66.8 Å². The standard InChI is InChI=1S/C23H19BrClNO4/c24-18-8-4-7-17(13-18)15-26(23(29)30-20-11-9-19(25)10-12-20)21(22(27)28)14-16-5-2-1-3-6-16/h1-13,21H,14-15H2,(H,27,28)/t21-/m0/s1. The average Bonchev–Trinajstić information content (AvgIpc) is 2.73. The summed E-state index contributed by atoms with van der Waals surface area (Å²) in [6, 6.07) is 21.7. The van der Waals surface area contributed by atoms with E-state index < -0.39 is 18.1 Å². The molecule has 3 aromatic rings. The van der Waals surface area contributed by atoms with Crippen molar-refractivity contribution in [2.45, 2.75) is 19.0 Å². The van der Waals surface area contributed by atoms with E-state index in [4.69, 9.17) is 16.3 Å². The van der Waals surface area contributed by atoms with Gasteiger partial charge in [0.05, 0.1) is 0 Å². The maximum absolute atomic E-state index is 13.0. The highest BCUT2D eigenvalue weighted by Gasteiger charge is 2.31. The van der Waals surface area contributed by atoms with E-state index in [0.717, 1.165) is 15.6 Å². The van der Waals surface area contributed by atoms with Crippen LogP contribution in [-0.4, -0.2) is 28.1 Å². The molecule has 0 aliphatic heterocycles. The molecule has 0 saturated heterocycles. The maximum atomic E-state index is 13.0. The molecule has 1 amide bonds. The van der Waals surface area contributed by atoms with E-state index in [1.165, 1.54) is 4.90 Å². The molecule has 5 nitrogen and oxygen atoms in total. The largest absolute Gasteiger partial charge is 0.480 e. The number of benzene rings is 3. The maximum Gasteiger partial charge on any atom is 0.416 e. The molecular formula is C23H19BrClNO4. The van der Waals surface area contributed by atoms with Crippen molar-refractivity contribution in [3.8, 4) is 5.75 Å². The second-order valence-corrected chi connectivity index (χ2v) is 7.98. The molecule has 0 fully saturated rings. The highest BCUT2D eigenvalue weighted by molar-refractivity contribution is 9.10. The molecule has 3 rings (SSSR count). The Morgan fingerprint density at radius 1 is 0.967 bits per heavy atom. The monoisotopic (exact) mass is 487 g/mol. The predicted octanol–water partition coefficient (Wildman–Crippen LogP) is 5.80. The molecule has 0 heterocycles. The zero-order valence-electron chi connectivity index (χ0n) is 15.9. The highest BCUT2D eigenvalue weighted by Crippen LogP contribution is 2.21. The zero-order chi connectivity index (χ0) is 21.5. The molecule has 0 saturated carbocycles. The summed E-state index contributed by atoms with van der Waals surface area (Å²) in [6.45, 7) is 0.0790. The van der Waals surface area contributed by atoms with Crippen LogP contribution in [0.25, 0.3) is 0 Å². The lowest BCUT2D eigenvalue weighted by molar-refractivity contribution is -0.142. The van der Waals surface area contributed by atoms with E-state index in [0.29, 0.717) is 5.02 Å². The molecule has 0 bridgehead atoms. The Morgan fingerprint density at radius 2 is 1.63 bits per heavy atom. The number of hydrogen-bond donors (Lipinski definition) is 1. The van der Waals surface area contributed by atoms with E-state index in [-0.39, 0.29) is 18.7 Å². The van der Waals surface area contributed by atoms with Crippen molar-refractivity contribution >= 4 is 39.6 Å². The molecule has 1 atom stereocenters. The number of amides is 1. The fourth-order valence-electron chi connectivity index (χ4n) is 2.96. The van der Waals surface area contributed by atoms with Crippen molar-refractivity contribution in [2.24, 2.45) is 0 Å². The van der Waals surface area contributed by atoms with Gasteiger partial charge in [-0.05, 0) is 47.5 Å². The fourth-order valence-corrected chi connectivity index (χ4v) is 3.54. The summed E-state index contributed by atoms with van der Waals surface area (Å²) < 4.78 is 6.29. The van der Waals surface area contributed by atoms with Crippen LogP contribution in [0.4, 0.5) is 4.79 Å². The molecular weight excluding hydrogens is 470 g/mol. The second-order valence-electron chi connectivity index (χ2n) is 6.62. The Balaban J connectivity index is 1.90. The number of rotatable bonds is 7. The first-order chi connectivity index (χ1) is 14.4. The lowest BCUT2D eigenvalue weighted by Crippen LogP contribution is -2.47. The minimum Gasteiger partial charge on any atom is -0.480 e. The molecule has 1 N–H and O–H groups in total. The van der Waals surface area contributed by atoms with Crippen LogP contribution in [0.2, 0.25) is 5.02 Å². The van der Waals surface area contributed by atoms with Crippen LogP contribution in [0.3, 0.4) is 0 Å². The van der Waals surface area contributed by atoms with Crippen molar-refractivity contribution in [2.75, 3.05) is 0 Å². The van der Waals surface area contributed by atoms with Gasteiger partial charge in [-0.3, -0.25) is 4.90 Å². The van der Waals surface area contributed by atoms with Gasteiger partial charge in [0, 0.05) is 22.5 Å². The van der Waals surface area contributed by atoms with Gasteiger partial charge < -0.3 is 9.84 Å². The molecule has 30 heavy (non-hydrogen) atoms. The van der Waals surface area contributed by atoms with Crippen LogP contribution in [0, 0.1) is 0 Å². The number of carbonyl (C=O) groups excluding carboxylic acids is 1. The van der Waals surface area contributed by atoms with Crippen molar-refractivity contribution in [3.05, 3.63) is 99.5 Å². The van der Waals surface area contributed by atoms with Gasteiger partial charge in [-0.2, -0.15) is 0 Å². The number of carboxylic acids is 1. The first-order valence-electron chi connectivity index (χ1n) is 9.17. The molecule has 0 aromatic heterocycles. The van der Waals surface area contributed by atoms with Crippen LogP contribution >= 0.6 is 27.5 Å². The SMILES string of the molecule is O=C(O)[C@H](Cc1ccccc1)N(Cc1cccc(Br)c1)C(=O)Oc1ccc(Cl)cc1. The Labute approximate surface area is 188 Å². The number of halogens is 2. The smallest absolute Gasteiger partial charge is 0.416 e. The van der Waals surface area contributed by atoms with E-state index >= 15 is 0 Å².